The van der Waals surface area contributed by atoms with E-state index in [1.807, 2.05) is 62.2 Å². The van der Waals surface area contributed by atoms with E-state index in [4.69, 9.17) is 23.7 Å². The lowest BCUT2D eigenvalue weighted by molar-refractivity contribution is -0.183. The number of ether oxygens (including phenoxy) is 5. The molecule has 5 atom stereocenters. The first-order valence-corrected chi connectivity index (χ1v) is 16.0. The summed E-state index contributed by atoms with van der Waals surface area (Å²) in [5, 5.41) is 23.8. The van der Waals surface area contributed by atoms with Gasteiger partial charge in [0.2, 0.25) is 6.79 Å². The molecule has 4 aliphatic heterocycles. The highest BCUT2D eigenvalue weighted by atomic mass is 16.7. The Balaban J connectivity index is 1.35. The van der Waals surface area contributed by atoms with Crippen LogP contribution in [-0.2, 0) is 33.6 Å². The Morgan fingerprint density at radius 1 is 1.02 bits per heavy atom. The number of hydrogen-bond donors (Lipinski definition) is 2. The van der Waals surface area contributed by atoms with Crippen LogP contribution in [0.15, 0.2) is 36.4 Å². The smallest absolute Gasteiger partial charge is 0.308 e. The first-order chi connectivity index (χ1) is 22.6. The molecule has 3 aromatic rings. The monoisotopic (exact) mass is 644 g/mol. The molecule has 7 rings (SSSR count). The van der Waals surface area contributed by atoms with Crippen LogP contribution in [0.1, 0.15) is 64.4 Å². The van der Waals surface area contributed by atoms with E-state index in [0.29, 0.717) is 53.4 Å². The molecule has 0 radical (unpaired) electrons. The van der Waals surface area contributed by atoms with E-state index in [2.05, 4.69) is 4.90 Å². The molecule has 2 bridgehead atoms. The quantitative estimate of drug-likeness (QED) is 0.286. The number of aryl methyl sites for hydroxylation is 2. The summed E-state index contributed by atoms with van der Waals surface area (Å²) in [4.78, 5) is 29.7. The van der Waals surface area contributed by atoms with Crippen LogP contribution in [0.25, 0.3) is 0 Å². The highest BCUT2D eigenvalue weighted by molar-refractivity contribution is 5.74. The van der Waals surface area contributed by atoms with Crippen molar-refractivity contribution in [3.05, 3.63) is 75.3 Å². The number of nitrogens with zero attached hydrogens (tertiary/aromatic N) is 2. The lowest BCUT2D eigenvalue weighted by atomic mass is 9.73. The number of likely N-dealkylation sites (N-methyl/N-ethyl adjacent to an activating group) is 1. The van der Waals surface area contributed by atoms with Gasteiger partial charge in [-0.1, -0.05) is 36.4 Å². The van der Waals surface area contributed by atoms with Crippen LogP contribution in [-0.4, -0.2) is 77.8 Å². The van der Waals surface area contributed by atoms with Crippen molar-refractivity contribution in [2.45, 2.75) is 76.8 Å². The van der Waals surface area contributed by atoms with Crippen molar-refractivity contribution in [1.82, 2.24) is 9.80 Å². The summed E-state index contributed by atoms with van der Waals surface area (Å²) in [7, 11) is 3.49. The van der Waals surface area contributed by atoms with Crippen LogP contribution < -0.4 is 18.9 Å². The van der Waals surface area contributed by atoms with Crippen molar-refractivity contribution >= 4 is 11.9 Å². The molecule has 1 saturated heterocycles. The van der Waals surface area contributed by atoms with E-state index in [1.54, 1.807) is 0 Å². The molecule has 0 spiro atoms. The SMILES string of the molecule is COc1c(C)cc2c(c1O)C1C3Cc4c(OC(C)=O)c(C)c5c(c4[C@H](COC(=O)CCc4ccccc4)N3[C@@H](O)C(C2)N1C)OCO5. The van der Waals surface area contributed by atoms with Crippen molar-refractivity contribution < 1.29 is 43.5 Å². The second-order valence-corrected chi connectivity index (χ2v) is 12.9. The largest absolute Gasteiger partial charge is 0.504 e. The Hall–Kier alpha value is -4.32. The fourth-order valence-corrected chi connectivity index (χ4v) is 8.22. The lowest BCUT2D eigenvalue weighted by Gasteiger charge is -2.60. The average molecular weight is 645 g/mol. The standard InChI is InChI=1S/C36H40N2O9/c1-18-13-22-14-25-36(42)38-24(30(37(25)4)28(22)31(41)32(18)43-5)15-23-29(35-34(45-17-46-35)19(2)33(23)47-20(3)39)26(38)16-44-27(40)12-11-21-9-7-6-8-10-21/h6-10,13,24-26,30,36,41-42H,11-12,14-17H2,1-5H3/t24?,25?,26-,30?,36-/m0/s1. The molecule has 11 nitrogen and oxygen atoms in total. The number of aromatic hydroxyl groups is 1. The number of benzene rings is 3. The highest BCUT2D eigenvalue weighted by Gasteiger charge is 2.56. The Bertz CT molecular complexity index is 1740. The Morgan fingerprint density at radius 3 is 2.49 bits per heavy atom. The Labute approximate surface area is 273 Å². The number of hydrogen-bond acceptors (Lipinski definition) is 11. The number of esters is 2. The van der Waals surface area contributed by atoms with E-state index in [9.17, 15) is 19.8 Å². The van der Waals surface area contributed by atoms with E-state index < -0.39 is 24.3 Å². The molecule has 4 heterocycles. The minimum absolute atomic E-state index is 0.0178. The van der Waals surface area contributed by atoms with Gasteiger partial charge in [-0.3, -0.25) is 19.4 Å². The van der Waals surface area contributed by atoms with Gasteiger partial charge < -0.3 is 33.9 Å². The molecule has 0 aromatic heterocycles. The molecule has 47 heavy (non-hydrogen) atoms. The van der Waals surface area contributed by atoms with Crippen LogP contribution in [0.5, 0.6) is 28.7 Å². The third kappa shape index (κ3) is 5.08. The Morgan fingerprint density at radius 2 is 1.77 bits per heavy atom. The molecule has 4 aliphatic rings. The number of aliphatic hydroxyl groups is 1. The van der Waals surface area contributed by atoms with Gasteiger partial charge >= 0.3 is 11.9 Å². The second-order valence-electron chi connectivity index (χ2n) is 12.9. The van der Waals surface area contributed by atoms with Gasteiger partial charge in [0.15, 0.2) is 23.0 Å². The van der Waals surface area contributed by atoms with E-state index in [-0.39, 0.29) is 43.6 Å². The summed E-state index contributed by atoms with van der Waals surface area (Å²) in [5.41, 5.74) is 5.55. The fraction of sp³-hybridized carbons (Fsp3) is 0.444. The van der Waals surface area contributed by atoms with Crippen molar-refractivity contribution in [3.8, 4) is 28.7 Å². The van der Waals surface area contributed by atoms with Crippen LogP contribution in [0, 0.1) is 13.8 Å². The van der Waals surface area contributed by atoms with Crippen molar-refractivity contribution in [2.24, 2.45) is 0 Å². The zero-order chi connectivity index (χ0) is 33.1. The molecule has 11 heteroatoms. The van der Waals surface area contributed by atoms with Gasteiger partial charge in [-0.05, 0) is 56.8 Å². The summed E-state index contributed by atoms with van der Waals surface area (Å²) in [6, 6.07) is 9.99. The molecule has 2 N–H and O–H groups in total. The third-order valence-electron chi connectivity index (χ3n) is 10.2. The molecule has 0 saturated carbocycles. The molecule has 0 aliphatic carbocycles. The third-order valence-corrected chi connectivity index (χ3v) is 10.2. The minimum Gasteiger partial charge on any atom is -0.504 e. The summed E-state index contributed by atoms with van der Waals surface area (Å²) in [5.74, 6) is 0.963. The van der Waals surface area contributed by atoms with Gasteiger partial charge in [-0.2, -0.15) is 0 Å². The summed E-state index contributed by atoms with van der Waals surface area (Å²) in [6.07, 6.45) is 0.600. The van der Waals surface area contributed by atoms with Gasteiger partial charge in [-0.15, -0.1) is 0 Å². The maximum absolute atomic E-state index is 13.2. The number of phenols is 1. The number of phenolic OH excluding ortho intramolecular Hbond substituents is 1. The highest BCUT2D eigenvalue weighted by Crippen LogP contribution is 2.58. The maximum atomic E-state index is 13.2. The number of fused-ring (bicyclic) bond motifs is 9. The summed E-state index contributed by atoms with van der Waals surface area (Å²) < 4.78 is 29.4. The maximum Gasteiger partial charge on any atom is 0.308 e. The van der Waals surface area contributed by atoms with Gasteiger partial charge in [0, 0.05) is 41.6 Å². The summed E-state index contributed by atoms with van der Waals surface area (Å²) >= 11 is 0. The molecular formula is C36H40N2O9. The number of carbonyl (C=O) groups is 2. The van der Waals surface area contributed by atoms with E-state index in [0.717, 1.165) is 27.8 Å². The Kier molecular flexibility index (Phi) is 8.02. The number of rotatable bonds is 7. The minimum atomic E-state index is -0.962. The van der Waals surface area contributed by atoms with Crippen LogP contribution in [0.3, 0.4) is 0 Å². The predicted octanol–water partition coefficient (Wildman–Crippen LogP) is 4.05. The molecule has 3 aromatic carbocycles. The number of carbonyl (C=O) groups excluding carboxylic acids is 2. The van der Waals surface area contributed by atoms with Crippen LogP contribution in [0.2, 0.25) is 0 Å². The average Bonchev–Trinajstić information content (AvgIpc) is 3.54. The van der Waals surface area contributed by atoms with Crippen molar-refractivity contribution in [1.29, 1.82) is 0 Å². The van der Waals surface area contributed by atoms with Crippen molar-refractivity contribution in [3.63, 3.8) is 0 Å². The van der Waals surface area contributed by atoms with Gasteiger partial charge in [0.25, 0.3) is 0 Å². The fourth-order valence-electron chi connectivity index (χ4n) is 8.22. The topological polar surface area (TPSA) is 127 Å². The zero-order valence-electron chi connectivity index (χ0n) is 27.2. The zero-order valence-corrected chi connectivity index (χ0v) is 27.2. The van der Waals surface area contributed by atoms with Crippen LogP contribution in [0.4, 0.5) is 0 Å². The molecule has 248 valence electrons. The summed E-state index contributed by atoms with van der Waals surface area (Å²) in [6.45, 7) is 4.97. The lowest BCUT2D eigenvalue weighted by Crippen LogP contribution is -2.68. The van der Waals surface area contributed by atoms with Gasteiger partial charge in [-0.25, -0.2) is 0 Å². The van der Waals surface area contributed by atoms with Crippen LogP contribution >= 0.6 is 0 Å². The van der Waals surface area contributed by atoms with Gasteiger partial charge in [0.1, 0.15) is 18.6 Å². The molecule has 0 amide bonds. The predicted molar refractivity (Wildman–Crippen MR) is 170 cm³/mol. The van der Waals surface area contributed by atoms with Crippen molar-refractivity contribution in [2.75, 3.05) is 27.6 Å². The molecule has 3 unspecified atom stereocenters. The van der Waals surface area contributed by atoms with E-state index >= 15 is 0 Å². The normalized spacial score (nSPS) is 24.2. The number of methoxy groups -OCH3 is 1. The van der Waals surface area contributed by atoms with Gasteiger partial charge in [0.05, 0.1) is 25.2 Å². The molecular weight excluding hydrogens is 604 g/mol. The number of aliphatic hydroxyl groups excluding tert-OH is 1. The number of piperazine rings is 1. The molecule has 1 fully saturated rings. The second kappa shape index (κ2) is 12.0. The first-order valence-electron chi connectivity index (χ1n) is 16.0. The first kappa shape index (κ1) is 31.3. The van der Waals surface area contributed by atoms with E-state index in [1.165, 1.54) is 14.0 Å².